The average Bonchev–Trinajstić information content (AvgIpc) is 2.29. The summed E-state index contributed by atoms with van der Waals surface area (Å²) < 4.78 is 0. The van der Waals surface area contributed by atoms with E-state index in [0.717, 1.165) is 0 Å². The van der Waals surface area contributed by atoms with Crippen LogP contribution in [0.2, 0.25) is 0 Å². The van der Waals surface area contributed by atoms with Crippen LogP contribution < -0.4 is 10.6 Å². The maximum absolute atomic E-state index is 11.6. The van der Waals surface area contributed by atoms with Crippen LogP contribution in [0.3, 0.4) is 0 Å². The van der Waals surface area contributed by atoms with Crippen LogP contribution in [0.15, 0.2) is 18.2 Å². The van der Waals surface area contributed by atoms with Gasteiger partial charge in [-0.05, 0) is 18.2 Å². The zero-order valence-electron chi connectivity index (χ0n) is 8.73. The number of carbonyl (C=O) groups excluding carboxylic acids is 1. The molecule has 6 heteroatoms. The van der Waals surface area contributed by atoms with E-state index in [2.05, 4.69) is 10.6 Å². The molecular formula is C11H9N3O3. The van der Waals surface area contributed by atoms with Crippen LogP contribution >= 0.6 is 0 Å². The second kappa shape index (κ2) is 4.14. The smallest absolute Gasteiger partial charge is 0.305 e. The molecule has 1 aliphatic rings. The van der Waals surface area contributed by atoms with Crippen molar-refractivity contribution in [1.29, 1.82) is 5.26 Å². The van der Waals surface area contributed by atoms with Crippen molar-refractivity contribution < 1.29 is 14.7 Å². The van der Waals surface area contributed by atoms with E-state index in [1.165, 1.54) is 6.07 Å². The lowest BCUT2D eigenvalue weighted by molar-refractivity contribution is -0.138. The number of hydrogen-bond donors (Lipinski definition) is 3. The molecule has 0 radical (unpaired) electrons. The number of carboxylic acid groups (broad SMARTS) is 1. The number of anilines is 2. The topological polar surface area (TPSA) is 102 Å². The van der Waals surface area contributed by atoms with Crippen LogP contribution in [0.5, 0.6) is 0 Å². The van der Waals surface area contributed by atoms with Gasteiger partial charge in [-0.2, -0.15) is 5.26 Å². The van der Waals surface area contributed by atoms with Crippen molar-refractivity contribution in [2.24, 2.45) is 0 Å². The highest BCUT2D eigenvalue weighted by Crippen LogP contribution is 2.28. The SMILES string of the molecule is N#Cc1ccc2c(c1)NC(=O)C(CC(=O)O)N2. The van der Waals surface area contributed by atoms with E-state index in [9.17, 15) is 9.59 Å². The van der Waals surface area contributed by atoms with Crippen LogP contribution in [0.25, 0.3) is 0 Å². The molecule has 0 saturated heterocycles. The number of amides is 1. The van der Waals surface area contributed by atoms with Crippen molar-refractivity contribution in [2.75, 3.05) is 10.6 Å². The van der Waals surface area contributed by atoms with Crippen molar-refractivity contribution >= 4 is 23.3 Å². The largest absolute Gasteiger partial charge is 0.481 e. The Bertz CT molecular complexity index is 533. The Morgan fingerprint density at radius 1 is 1.47 bits per heavy atom. The Kier molecular flexibility index (Phi) is 2.66. The summed E-state index contributed by atoms with van der Waals surface area (Å²) in [4.78, 5) is 22.1. The van der Waals surface area contributed by atoms with Gasteiger partial charge in [-0.25, -0.2) is 0 Å². The Morgan fingerprint density at radius 3 is 2.88 bits per heavy atom. The van der Waals surface area contributed by atoms with Crippen LogP contribution in [0, 0.1) is 11.3 Å². The molecule has 3 N–H and O–H groups in total. The van der Waals surface area contributed by atoms with Crippen molar-refractivity contribution in [2.45, 2.75) is 12.5 Å². The van der Waals surface area contributed by atoms with Gasteiger partial charge in [0.05, 0.1) is 29.4 Å². The molecule has 17 heavy (non-hydrogen) atoms. The molecule has 2 rings (SSSR count). The third kappa shape index (κ3) is 2.18. The Morgan fingerprint density at radius 2 is 2.24 bits per heavy atom. The summed E-state index contributed by atoms with van der Waals surface area (Å²) in [5.41, 5.74) is 1.55. The highest BCUT2D eigenvalue weighted by Gasteiger charge is 2.27. The van der Waals surface area contributed by atoms with Gasteiger partial charge < -0.3 is 15.7 Å². The molecule has 0 aromatic heterocycles. The van der Waals surface area contributed by atoms with Gasteiger partial charge in [-0.3, -0.25) is 9.59 Å². The molecule has 0 fully saturated rings. The van der Waals surface area contributed by atoms with Gasteiger partial charge in [-0.15, -0.1) is 0 Å². The van der Waals surface area contributed by atoms with Crippen molar-refractivity contribution in [1.82, 2.24) is 0 Å². The molecule has 1 aromatic rings. The van der Waals surface area contributed by atoms with E-state index < -0.39 is 17.9 Å². The number of nitrogens with one attached hydrogen (secondary N) is 2. The molecule has 1 aliphatic heterocycles. The number of carbonyl (C=O) groups is 2. The second-order valence-electron chi connectivity index (χ2n) is 3.66. The summed E-state index contributed by atoms with van der Waals surface area (Å²) in [6.45, 7) is 0. The third-order valence-electron chi connectivity index (χ3n) is 2.43. The van der Waals surface area contributed by atoms with E-state index in [-0.39, 0.29) is 6.42 Å². The summed E-state index contributed by atoms with van der Waals surface area (Å²) in [6, 6.07) is 5.96. The molecule has 0 saturated carbocycles. The number of nitrogens with zero attached hydrogens (tertiary/aromatic N) is 1. The summed E-state index contributed by atoms with van der Waals surface area (Å²) in [7, 11) is 0. The minimum atomic E-state index is -1.05. The minimum Gasteiger partial charge on any atom is -0.481 e. The van der Waals surface area contributed by atoms with Crippen LogP contribution in [0.4, 0.5) is 11.4 Å². The first-order valence-electron chi connectivity index (χ1n) is 4.93. The van der Waals surface area contributed by atoms with Gasteiger partial charge in [0.25, 0.3) is 0 Å². The number of hydrogen-bond acceptors (Lipinski definition) is 4. The molecule has 86 valence electrons. The zero-order valence-corrected chi connectivity index (χ0v) is 8.73. The monoisotopic (exact) mass is 231 g/mol. The maximum atomic E-state index is 11.6. The summed E-state index contributed by atoms with van der Waals surface area (Å²) >= 11 is 0. The van der Waals surface area contributed by atoms with Crippen molar-refractivity contribution in [3.63, 3.8) is 0 Å². The predicted molar refractivity (Wildman–Crippen MR) is 59.5 cm³/mol. The molecule has 1 unspecified atom stereocenters. The summed E-state index contributed by atoms with van der Waals surface area (Å²) in [6.07, 6.45) is -0.286. The zero-order chi connectivity index (χ0) is 12.4. The average molecular weight is 231 g/mol. The number of aliphatic carboxylic acids is 1. The fourth-order valence-corrected chi connectivity index (χ4v) is 1.63. The number of rotatable bonds is 2. The maximum Gasteiger partial charge on any atom is 0.305 e. The molecule has 0 spiro atoms. The Hall–Kier alpha value is -2.55. The van der Waals surface area contributed by atoms with Crippen LogP contribution in [-0.4, -0.2) is 23.0 Å². The van der Waals surface area contributed by atoms with Crippen molar-refractivity contribution in [3.8, 4) is 6.07 Å². The summed E-state index contributed by atoms with van der Waals surface area (Å²) in [5.74, 6) is -1.45. The Balaban J connectivity index is 2.27. The quantitative estimate of drug-likeness (QED) is 0.697. The third-order valence-corrected chi connectivity index (χ3v) is 2.43. The van der Waals surface area contributed by atoms with Gasteiger partial charge in [0.2, 0.25) is 5.91 Å². The summed E-state index contributed by atoms with van der Waals surface area (Å²) in [5, 5.41) is 22.8. The molecule has 0 bridgehead atoms. The van der Waals surface area contributed by atoms with Gasteiger partial charge >= 0.3 is 5.97 Å². The van der Waals surface area contributed by atoms with Gasteiger partial charge in [0.15, 0.2) is 0 Å². The highest BCUT2D eigenvalue weighted by atomic mass is 16.4. The van der Waals surface area contributed by atoms with E-state index in [4.69, 9.17) is 10.4 Å². The number of benzene rings is 1. The fourth-order valence-electron chi connectivity index (χ4n) is 1.63. The van der Waals surface area contributed by atoms with Crippen molar-refractivity contribution in [3.05, 3.63) is 23.8 Å². The van der Waals surface area contributed by atoms with Gasteiger partial charge in [-0.1, -0.05) is 0 Å². The molecule has 0 aliphatic carbocycles. The second-order valence-corrected chi connectivity index (χ2v) is 3.66. The number of fused-ring (bicyclic) bond motifs is 1. The predicted octanol–water partition coefficient (Wildman–Crippen LogP) is 0.766. The first-order valence-corrected chi connectivity index (χ1v) is 4.93. The number of carboxylic acids is 1. The van der Waals surface area contributed by atoms with E-state index in [1.54, 1.807) is 12.1 Å². The lowest BCUT2D eigenvalue weighted by Gasteiger charge is -2.25. The molecule has 6 nitrogen and oxygen atoms in total. The molecule has 1 amide bonds. The first kappa shape index (κ1) is 11.0. The molecular weight excluding hydrogens is 222 g/mol. The molecule has 1 aromatic carbocycles. The lowest BCUT2D eigenvalue weighted by atomic mass is 10.1. The fraction of sp³-hybridized carbons (Fsp3) is 0.182. The van der Waals surface area contributed by atoms with E-state index in [1.807, 2.05) is 6.07 Å². The van der Waals surface area contributed by atoms with Crippen LogP contribution in [-0.2, 0) is 9.59 Å². The Labute approximate surface area is 96.9 Å². The van der Waals surface area contributed by atoms with Gasteiger partial charge in [0, 0.05) is 0 Å². The highest BCUT2D eigenvalue weighted by molar-refractivity contribution is 6.04. The standard InChI is InChI=1S/C11H9N3O3/c12-5-6-1-2-7-8(3-6)14-11(17)9(13-7)4-10(15)16/h1-3,9,13H,4H2,(H,14,17)(H,15,16). The van der Waals surface area contributed by atoms with Gasteiger partial charge in [0.1, 0.15) is 6.04 Å². The van der Waals surface area contributed by atoms with E-state index >= 15 is 0 Å². The minimum absolute atomic E-state index is 0.286. The lowest BCUT2D eigenvalue weighted by Crippen LogP contribution is -2.40. The molecule has 1 heterocycles. The first-order chi connectivity index (χ1) is 8.10. The van der Waals surface area contributed by atoms with E-state index in [0.29, 0.717) is 16.9 Å². The molecule has 1 atom stereocenters. The number of nitriles is 1. The van der Waals surface area contributed by atoms with Crippen LogP contribution in [0.1, 0.15) is 12.0 Å². The normalized spacial score (nSPS) is 17.4.